The van der Waals surface area contributed by atoms with Gasteiger partial charge in [-0.05, 0) is 18.6 Å². The summed E-state index contributed by atoms with van der Waals surface area (Å²) in [6, 6.07) is 5.82. The van der Waals surface area contributed by atoms with Gasteiger partial charge in [-0.25, -0.2) is 9.07 Å². The maximum absolute atomic E-state index is 13.7. The number of halogens is 1. The summed E-state index contributed by atoms with van der Waals surface area (Å²) in [5.41, 5.74) is 0.233. The molecule has 2 rings (SSSR count). The Balaban J connectivity index is 2.61. The Morgan fingerprint density at radius 2 is 2.11 bits per heavy atom. The van der Waals surface area contributed by atoms with Crippen LogP contribution in [-0.2, 0) is 17.6 Å². The van der Waals surface area contributed by atoms with Gasteiger partial charge in [-0.3, -0.25) is 14.7 Å². The lowest BCUT2D eigenvalue weighted by Crippen LogP contribution is -2.20. The zero-order chi connectivity index (χ0) is 14.0. The van der Waals surface area contributed by atoms with E-state index in [1.54, 1.807) is 13.0 Å². The fraction of sp³-hybridized carbons (Fsp3) is 0.231. The number of rotatable bonds is 4. The lowest BCUT2D eigenvalue weighted by atomic mass is 10.1. The summed E-state index contributed by atoms with van der Waals surface area (Å²) in [5.74, 6) is -1.64. The Morgan fingerprint density at radius 1 is 1.42 bits per heavy atom. The molecule has 2 aromatic rings. The molecule has 0 saturated heterocycles. The van der Waals surface area contributed by atoms with Crippen LogP contribution < -0.4 is 5.56 Å². The van der Waals surface area contributed by atoms with Crippen LogP contribution in [0.15, 0.2) is 29.1 Å². The highest BCUT2D eigenvalue weighted by Gasteiger charge is 2.17. The predicted molar refractivity (Wildman–Crippen MR) is 67.1 cm³/mol. The standard InChI is InChI=1S/C13H13FN2O3/c1-2-10-8(7-12(17)18)13(19)16(15-10)11-6-4-3-5-9(11)14/h3-6,15H,2,7H2,1H3,(H,17,18). The molecule has 0 aliphatic heterocycles. The van der Waals surface area contributed by atoms with Crippen molar-refractivity contribution < 1.29 is 14.3 Å². The zero-order valence-electron chi connectivity index (χ0n) is 10.3. The first-order valence-corrected chi connectivity index (χ1v) is 5.84. The van der Waals surface area contributed by atoms with Crippen molar-refractivity contribution in [1.82, 2.24) is 9.78 Å². The Hall–Kier alpha value is -2.37. The van der Waals surface area contributed by atoms with E-state index in [0.29, 0.717) is 12.1 Å². The van der Waals surface area contributed by atoms with E-state index in [2.05, 4.69) is 5.10 Å². The number of aliphatic carboxylic acids is 1. The van der Waals surface area contributed by atoms with Crippen LogP contribution in [0.25, 0.3) is 5.69 Å². The molecule has 0 unspecified atom stereocenters. The lowest BCUT2D eigenvalue weighted by Gasteiger charge is -2.02. The SMILES string of the molecule is CCc1[nH]n(-c2ccccc2F)c(=O)c1CC(=O)O. The van der Waals surface area contributed by atoms with Gasteiger partial charge >= 0.3 is 5.97 Å². The summed E-state index contributed by atoms with van der Waals surface area (Å²) in [7, 11) is 0. The number of nitrogens with one attached hydrogen (secondary N) is 1. The third-order valence-electron chi connectivity index (χ3n) is 2.85. The molecule has 1 heterocycles. The van der Waals surface area contributed by atoms with Gasteiger partial charge in [-0.1, -0.05) is 19.1 Å². The average molecular weight is 264 g/mol. The van der Waals surface area contributed by atoms with Gasteiger partial charge < -0.3 is 5.11 Å². The van der Waals surface area contributed by atoms with Gasteiger partial charge in [0.05, 0.1) is 12.0 Å². The van der Waals surface area contributed by atoms with Gasteiger partial charge in [0.1, 0.15) is 11.5 Å². The molecule has 0 radical (unpaired) electrons. The minimum Gasteiger partial charge on any atom is -0.481 e. The number of aromatic nitrogens is 2. The second-order valence-electron chi connectivity index (χ2n) is 4.08. The molecule has 1 aromatic heterocycles. The molecule has 0 aliphatic carbocycles. The van der Waals surface area contributed by atoms with Crippen molar-refractivity contribution in [2.75, 3.05) is 0 Å². The van der Waals surface area contributed by atoms with E-state index in [1.165, 1.54) is 18.2 Å². The molecular weight excluding hydrogens is 251 g/mol. The molecule has 19 heavy (non-hydrogen) atoms. The molecule has 0 amide bonds. The molecule has 0 saturated carbocycles. The molecule has 2 N–H and O–H groups in total. The molecule has 100 valence electrons. The quantitative estimate of drug-likeness (QED) is 0.878. The highest BCUT2D eigenvalue weighted by Crippen LogP contribution is 2.12. The van der Waals surface area contributed by atoms with Crippen molar-refractivity contribution in [3.63, 3.8) is 0 Å². The molecule has 6 heteroatoms. The fourth-order valence-corrected chi connectivity index (χ4v) is 1.95. The Kier molecular flexibility index (Phi) is 3.50. The van der Waals surface area contributed by atoms with Gasteiger partial charge in [0.2, 0.25) is 0 Å². The van der Waals surface area contributed by atoms with E-state index in [-0.39, 0.29) is 17.7 Å². The van der Waals surface area contributed by atoms with Crippen LogP contribution in [-0.4, -0.2) is 20.9 Å². The van der Waals surface area contributed by atoms with Crippen molar-refractivity contribution >= 4 is 5.97 Å². The van der Waals surface area contributed by atoms with Crippen molar-refractivity contribution in [2.45, 2.75) is 19.8 Å². The second kappa shape index (κ2) is 5.09. The molecule has 0 spiro atoms. The minimum atomic E-state index is -1.09. The molecule has 0 atom stereocenters. The first-order chi connectivity index (χ1) is 9.04. The maximum Gasteiger partial charge on any atom is 0.308 e. The third-order valence-corrected chi connectivity index (χ3v) is 2.85. The summed E-state index contributed by atoms with van der Waals surface area (Å²) >= 11 is 0. The van der Waals surface area contributed by atoms with E-state index in [1.807, 2.05) is 0 Å². The summed E-state index contributed by atoms with van der Waals surface area (Å²) in [6.07, 6.45) is 0.0965. The second-order valence-corrected chi connectivity index (χ2v) is 4.08. The van der Waals surface area contributed by atoms with E-state index in [0.717, 1.165) is 4.68 Å². The van der Waals surface area contributed by atoms with Crippen LogP contribution in [0.5, 0.6) is 0 Å². The summed E-state index contributed by atoms with van der Waals surface area (Å²) in [5, 5.41) is 11.6. The Morgan fingerprint density at radius 3 is 2.68 bits per heavy atom. The van der Waals surface area contributed by atoms with Crippen LogP contribution in [0.1, 0.15) is 18.2 Å². The van der Waals surface area contributed by atoms with Gasteiger partial charge in [-0.15, -0.1) is 0 Å². The van der Waals surface area contributed by atoms with Gasteiger partial charge in [-0.2, -0.15) is 0 Å². The van der Waals surface area contributed by atoms with E-state index >= 15 is 0 Å². The van der Waals surface area contributed by atoms with Crippen molar-refractivity contribution in [1.29, 1.82) is 0 Å². The topological polar surface area (TPSA) is 75.1 Å². The summed E-state index contributed by atoms with van der Waals surface area (Å²) in [6.45, 7) is 1.79. The molecule has 1 aromatic carbocycles. The average Bonchev–Trinajstić information content (AvgIpc) is 2.67. The number of hydrogen-bond donors (Lipinski definition) is 2. The predicted octanol–water partition coefficient (Wildman–Crippen LogP) is 1.49. The van der Waals surface area contributed by atoms with Crippen LogP contribution in [0, 0.1) is 5.82 Å². The molecular formula is C13H13FN2O3. The number of carbonyl (C=O) groups is 1. The largest absolute Gasteiger partial charge is 0.481 e. The Bertz CT molecular complexity index is 673. The number of carboxylic acid groups (broad SMARTS) is 1. The van der Waals surface area contributed by atoms with Crippen LogP contribution in [0.3, 0.4) is 0 Å². The zero-order valence-corrected chi connectivity index (χ0v) is 10.3. The number of H-pyrrole nitrogens is 1. The smallest absolute Gasteiger partial charge is 0.308 e. The van der Waals surface area contributed by atoms with E-state index in [9.17, 15) is 14.0 Å². The molecule has 0 aliphatic rings. The number of aryl methyl sites for hydroxylation is 1. The number of para-hydroxylation sites is 1. The lowest BCUT2D eigenvalue weighted by molar-refractivity contribution is -0.136. The number of hydrogen-bond acceptors (Lipinski definition) is 2. The molecule has 5 nitrogen and oxygen atoms in total. The normalized spacial score (nSPS) is 10.6. The first-order valence-electron chi connectivity index (χ1n) is 5.84. The number of nitrogens with zero attached hydrogens (tertiary/aromatic N) is 1. The summed E-state index contributed by atoms with van der Waals surface area (Å²) < 4.78 is 14.7. The van der Waals surface area contributed by atoms with Gasteiger partial charge in [0, 0.05) is 5.69 Å². The molecule has 0 fully saturated rings. The fourth-order valence-electron chi connectivity index (χ4n) is 1.95. The Labute approximate surface area is 108 Å². The minimum absolute atomic E-state index is 0.0823. The molecule has 0 bridgehead atoms. The van der Waals surface area contributed by atoms with Crippen LogP contribution >= 0.6 is 0 Å². The number of benzene rings is 1. The van der Waals surface area contributed by atoms with Crippen LogP contribution in [0.2, 0.25) is 0 Å². The van der Waals surface area contributed by atoms with Crippen molar-refractivity contribution in [3.05, 3.63) is 51.7 Å². The highest BCUT2D eigenvalue weighted by molar-refractivity contribution is 5.70. The number of aromatic amines is 1. The maximum atomic E-state index is 13.7. The van der Waals surface area contributed by atoms with Crippen molar-refractivity contribution in [3.8, 4) is 5.69 Å². The van der Waals surface area contributed by atoms with Gasteiger partial charge in [0.25, 0.3) is 5.56 Å². The van der Waals surface area contributed by atoms with Crippen LogP contribution in [0.4, 0.5) is 4.39 Å². The highest BCUT2D eigenvalue weighted by atomic mass is 19.1. The number of carboxylic acids is 1. The first kappa shape index (κ1) is 13.1. The van der Waals surface area contributed by atoms with E-state index in [4.69, 9.17) is 5.11 Å². The third kappa shape index (κ3) is 2.42. The summed E-state index contributed by atoms with van der Waals surface area (Å²) in [4.78, 5) is 22.9. The monoisotopic (exact) mass is 264 g/mol. The van der Waals surface area contributed by atoms with Crippen molar-refractivity contribution in [2.24, 2.45) is 0 Å². The van der Waals surface area contributed by atoms with Gasteiger partial charge in [0.15, 0.2) is 0 Å². The van der Waals surface area contributed by atoms with E-state index < -0.39 is 17.3 Å².